The molecule has 2 aliphatic rings. The van der Waals surface area contributed by atoms with E-state index in [0.29, 0.717) is 11.9 Å². The van der Waals surface area contributed by atoms with Gasteiger partial charge >= 0.3 is 0 Å². The predicted molar refractivity (Wildman–Crippen MR) is 80.0 cm³/mol. The first kappa shape index (κ1) is 13.8. The van der Waals surface area contributed by atoms with Crippen LogP contribution >= 0.6 is 0 Å². The van der Waals surface area contributed by atoms with E-state index in [9.17, 15) is 0 Å². The number of methoxy groups -OCH3 is 1. The summed E-state index contributed by atoms with van der Waals surface area (Å²) in [7, 11) is 1.67. The SMILES string of the molecule is COc1cc(C)c(CN2C3CC2CN(C(C)C)C3)cn1. The van der Waals surface area contributed by atoms with E-state index in [4.69, 9.17) is 4.74 Å². The topological polar surface area (TPSA) is 28.6 Å². The van der Waals surface area contributed by atoms with Crippen molar-refractivity contribution in [1.29, 1.82) is 0 Å². The van der Waals surface area contributed by atoms with Crippen molar-refractivity contribution >= 4 is 0 Å². The van der Waals surface area contributed by atoms with E-state index in [1.54, 1.807) is 7.11 Å². The molecule has 2 bridgehead atoms. The van der Waals surface area contributed by atoms with Gasteiger partial charge in [-0.1, -0.05) is 0 Å². The third-order valence-corrected chi connectivity index (χ3v) is 4.86. The van der Waals surface area contributed by atoms with Gasteiger partial charge in [-0.15, -0.1) is 0 Å². The van der Waals surface area contributed by atoms with E-state index in [1.165, 1.54) is 30.6 Å². The maximum atomic E-state index is 5.18. The minimum absolute atomic E-state index is 0.673. The third-order valence-electron chi connectivity index (χ3n) is 4.86. The Hall–Kier alpha value is -1.13. The number of aromatic nitrogens is 1. The molecule has 3 rings (SSSR count). The summed E-state index contributed by atoms with van der Waals surface area (Å²) >= 11 is 0. The van der Waals surface area contributed by atoms with Crippen LogP contribution in [0.25, 0.3) is 0 Å². The van der Waals surface area contributed by atoms with Gasteiger partial charge in [-0.25, -0.2) is 4.98 Å². The molecule has 3 heterocycles. The highest BCUT2D eigenvalue weighted by molar-refractivity contribution is 5.28. The second-order valence-corrected chi connectivity index (χ2v) is 6.42. The largest absolute Gasteiger partial charge is 0.481 e. The maximum Gasteiger partial charge on any atom is 0.213 e. The van der Waals surface area contributed by atoms with Crippen molar-refractivity contribution < 1.29 is 4.74 Å². The van der Waals surface area contributed by atoms with Gasteiger partial charge in [-0.3, -0.25) is 9.80 Å². The number of piperazine rings is 1. The van der Waals surface area contributed by atoms with Crippen LogP contribution in [0.15, 0.2) is 12.3 Å². The fourth-order valence-electron chi connectivity index (χ4n) is 3.43. The van der Waals surface area contributed by atoms with E-state index in [-0.39, 0.29) is 0 Å². The molecule has 0 N–H and O–H groups in total. The number of aryl methyl sites for hydroxylation is 1. The number of ether oxygens (including phenoxy) is 1. The molecule has 2 unspecified atom stereocenters. The molecule has 0 aromatic carbocycles. The Morgan fingerprint density at radius 2 is 2.05 bits per heavy atom. The summed E-state index contributed by atoms with van der Waals surface area (Å²) < 4.78 is 5.18. The number of piperidine rings is 1. The molecular formula is C16H25N3O. The normalized spacial score (nSPS) is 26.6. The molecule has 0 aliphatic carbocycles. The monoisotopic (exact) mass is 275 g/mol. The Morgan fingerprint density at radius 3 is 2.60 bits per heavy atom. The molecule has 2 atom stereocenters. The quantitative estimate of drug-likeness (QED) is 0.841. The lowest BCUT2D eigenvalue weighted by atomic mass is 9.86. The smallest absolute Gasteiger partial charge is 0.213 e. The zero-order valence-electron chi connectivity index (χ0n) is 13.0. The van der Waals surface area contributed by atoms with Gasteiger partial charge in [0.05, 0.1) is 7.11 Å². The Morgan fingerprint density at radius 1 is 1.35 bits per heavy atom. The number of pyridine rings is 1. The van der Waals surface area contributed by atoms with Crippen molar-refractivity contribution in [2.75, 3.05) is 20.2 Å². The summed E-state index contributed by atoms with van der Waals surface area (Å²) in [6.45, 7) is 10.2. The molecule has 0 amide bonds. The van der Waals surface area contributed by atoms with Crippen LogP contribution in [0.3, 0.4) is 0 Å². The molecule has 0 radical (unpaired) electrons. The second-order valence-electron chi connectivity index (χ2n) is 6.42. The van der Waals surface area contributed by atoms with Gasteiger partial charge in [0.25, 0.3) is 0 Å². The summed E-state index contributed by atoms with van der Waals surface area (Å²) in [5, 5.41) is 0. The van der Waals surface area contributed by atoms with Crippen LogP contribution in [0, 0.1) is 6.92 Å². The highest BCUT2D eigenvalue weighted by Gasteiger charge is 2.44. The van der Waals surface area contributed by atoms with Gasteiger partial charge in [0.2, 0.25) is 5.88 Å². The molecule has 1 aromatic rings. The molecule has 110 valence electrons. The lowest BCUT2D eigenvalue weighted by Gasteiger charge is -2.57. The lowest BCUT2D eigenvalue weighted by molar-refractivity contribution is -0.0836. The third kappa shape index (κ3) is 2.42. The van der Waals surface area contributed by atoms with Crippen molar-refractivity contribution in [3.05, 3.63) is 23.4 Å². The van der Waals surface area contributed by atoms with Gasteiger partial charge in [0.1, 0.15) is 0 Å². The van der Waals surface area contributed by atoms with Crippen molar-refractivity contribution in [1.82, 2.24) is 14.8 Å². The van der Waals surface area contributed by atoms with E-state index in [0.717, 1.165) is 18.6 Å². The van der Waals surface area contributed by atoms with E-state index < -0.39 is 0 Å². The zero-order chi connectivity index (χ0) is 14.3. The molecule has 2 aliphatic heterocycles. The van der Waals surface area contributed by atoms with Crippen molar-refractivity contribution in [3.63, 3.8) is 0 Å². The first-order valence-electron chi connectivity index (χ1n) is 7.57. The fourth-order valence-corrected chi connectivity index (χ4v) is 3.43. The molecule has 1 aromatic heterocycles. The summed E-state index contributed by atoms with van der Waals surface area (Å²) in [6, 6.07) is 4.17. The van der Waals surface area contributed by atoms with Crippen LogP contribution in [-0.2, 0) is 6.54 Å². The Balaban J connectivity index is 1.66. The summed E-state index contributed by atoms with van der Waals surface area (Å²) in [5.74, 6) is 0.709. The van der Waals surface area contributed by atoms with Gasteiger partial charge in [0, 0.05) is 50.0 Å². The average molecular weight is 275 g/mol. The van der Waals surface area contributed by atoms with Crippen LogP contribution in [0.4, 0.5) is 0 Å². The number of hydrogen-bond acceptors (Lipinski definition) is 4. The number of rotatable bonds is 4. The predicted octanol–water partition coefficient (Wildman–Crippen LogP) is 2.07. The van der Waals surface area contributed by atoms with Crippen molar-refractivity contribution in [2.45, 2.75) is 51.9 Å². The van der Waals surface area contributed by atoms with Crippen molar-refractivity contribution in [2.24, 2.45) is 0 Å². The van der Waals surface area contributed by atoms with Crippen LogP contribution in [0.2, 0.25) is 0 Å². The molecular weight excluding hydrogens is 250 g/mol. The number of nitrogens with zero attached hydrogens (tertiary/aromatic N) is 3. The van der Waals surface area contributed by atoms with Crippen LogP contribution in [0.1, 0.15) is 31.4 Å². The van der Waals surface area contributed by atoms with E-state index in [1.807, 2.05) is 12.3 Å². The average Bonchev–Trinajstić information content (AvgIpc) is 2.45. The maximum absolute atomic E-state index is 5.18. The molecule has 0 saturated carbocycles. The zero-order valence-corrected chi connectivity index (χ0v) is 13.0. The lowest BCUT2D eigenvalue weighted by Crippen LogP contribution is -2.68. The molecule has 0 spiro atoms. The van der Waals surface area contributed by atoms with Gasteiger partial charge < -0.3 is 4.74 Å². The van der Waals surface area contributed by atoms with Gasteiger partial charge in [-0.05, 0) is 38.3 Å². The van der Waals surface area contributed by atoms with E-state index >= 15 is 0 Å². The highest BCUT2D eigenvalue weighted by atomic mass is 16.5. The van der Waals surface area contributed by atoms with Gasteiger partial charge in [-0.2, -0.15) is 0 Å². The fraction of sp³-hybridized carbons (Fsp3) is 0.688. The summed E-state index contributed by atoms with van der Waals surface area (Å²) in [5.41, 5.74) is 2.61. The number of likely N-dealkylation sites (tertiary alicyclic amines) is 2. The summed E-state index contributed by atoms with van der Waals surface area (Å²) in [4.78, 5) is 9.60. The molecule has 20 heavy (non-hydrogen) atoms. The molecule has 2 fully saturated rings. The second kappa shape index (κ2) is 5.34. The minimum Gasteiger partial charge on any atom is -0.481 e. The van der Waals surface area contributed by atoms with E-state index in [2.05, 4.69) is 35.6 Å². The number of fused-ring (bicyclic) bond motifs is 2. The van der Waals surface area contributed by atoms with Crippen LogP contribution in [-0.4, -0.2) is 53.1 Å². The highest BCUT2D eigenvalue weighted by Crippen LogP contribution is 2.34. The minimum atomic E-state index is 0.673. The molecule has 4 nitrogen and oxygen atoms in total. The molecule has 2 saturated heterocycles. The van der Waals surface area contributed by atoms with Gasteiger partial charge in [0.15, 0.2) is 0 Å². The van der Waals surface area contributed by atoms with Crippen molar-refractivity contribution in [3.8, 4) is 5.88 Å². The first-order chi connectivity index (χ1) is 9.58. The number of hydrogen-bond donors (Lipinski definition) is 0. The molecule has 4 heteroatoms. The van der Waals surface area contributed by atoms with Crippen LogP contribution in [0.5, 0.6) is 5.88 Å². The Bertz CT molecular complexity index is 477. The Kier molecular flexibility index (Phi) is 3.69. The standard InChI is InChI=1S/C16H25N3O/c1-11(2)18-9-14-6-15(10-18)19(14)8-13-7-17-16(20-4)5-12(13)3/h5,7,11,14-15H,6,8-10H2,1-4H3. The Labute approximate surface area is 121 Å². The first-order valence-corrected chi connectivity index (χ1v) is 7.57. The van der Waals surface area contributed by atoms with Crippen LogP contribution < -0.4 is 4.74 Å². The summed E-state index contributed by atoms with van der Waals surface area (Å²) in [6.07, 6.45) is 3.34.